The summed E-state index contributed by atoms with van der Waals surface area (Å²) in [6.45, 7) is 13.0. The molecule has 504 valence electrons. The minimum atomic E-state index is -1.83. The third-order valence-corrected chi connectivity index (χ3v) is 14.5. The molecular weight excluding hydrogens is 1220 g/mol. The van der Waals surface area contributed by atoms with Crippen LogP contribution in [0.25, 0.3) is 0 Å². The number of aromatic nitrogens is 6. The number of aromatic amines is 3. The number of carboxylic acids is 1. The molecule has 4 aromatic rings. The van der Waals surface area contributed by atoms with Gasteiger partial charge in [0.2, 0.25) is 65.0 Å². The topological polar surface area (TPSA) is 504 Å². The molecule has 0 aliphatic heterocycles. The van der Waals surface area contributed by atoms with E-state index in [1.807, 2.05) is 13.8 Å². The lowest BCUT2D eigenvalue weighted by atomic mass is 9.99. The van der Waals surface area contributed by atoms with Gasteiger partial charge in [-0.15, -0.1) is 0 Å². The molecule has 0 saturated heterocycles. The first kappa shape index (κ1) is 75.2. The first-order valence-electron chi connectivity index (χ1n) is 30.0. The van der Waals surface area contributed by atoms with Crippen LogP contribution in [0.4, 0.5) is 0 Å². The summed E-state index contributed by atoms with van der Waals surface area (Å²) in [5, 5.41) is 45.9. The van der Waals surface area contributed by atoms with Crippen LogP contribution >= 0.6 is 12.6 Å². The van der Waals surface area contributed by atoms with Crippen molar-refractivity contribution in [3.05, 3.63) is 90.5 Å². The van der Waals surface area contributed by atoms with E-state index in [4.69, 9.17) is 11.5 Å². The van der Waals surface area contributed by atoms with Crippen LogP contribution in [0.3, 0.4) is 0 Å². The molecule has 3 heterocycles. The van der Waals surface area contributed by atoms with E-state index in [9.17, 15) is 67.7 Å². The third-order valence-electron chi connectivity index (χ3n) is 14.1. The predicted octanol–water partition coefficient (Wildman–Crippen LogP) is -3.27. The van der Waals surface area contributed by atoms with Crippen LogP contribution in [0, 0.1) is 17.8 Å². The molecule has 4 rings (SSSR count). The van der Waals surface area contributed by atoms with E-state index in [1.165, 1.54) is 45.2 Å². The number of aliphatic hydroxyl groups is 1. The SMILES string of the molecule is CC(C)C[C@H](NC(=O)[C@H](CC(C)C)NC(=O)[C@@H](N)Cc1c[nH]cn1)C(=O)N[C@@H](CC(N)=O)C(=O)N[C@@H](Cc1ccccc1)C(=O)N[C@H](C(=O)N[C@@H](CC(C)C)C(=O)N[C@@H](Cc1c[nH]cn1)C(=O)N[C@@H](CS)C(=O)N[C@@H](Cc1c[nH]cn1)C(=O)N[C@@H](C)C(=O)O)[C@@H](C)O. The Labute approximate surface area is 537 Å². The standard InChI is InChI=1S/C59H88N18O14S/c1-29(2)14-39(69-49(80)38(60)18-35-22-62-26-65-35)51(82)70-40(15-30(3)4)52(83)74-45(21-47(61)79)55(86)71-42(17-34-12-10-9-11-13-34)56(87)77-48(33(8)78)58(89)75-41(16-31(5)6)53(84)72-44(20-37-24-64-28-67-37)54(85)76-46(25-92)57(88)73-43(19-36-23-63-27-66-36)50(81)68-32(7)59(90)91/h9-13,22-24,26-33,38-46,48,78,92H,14-21,25,60H2,1-8H3,(H2,61,79)(H,62,65)(H,63,66)(H,64,67)(H,68,81)(H,69,80)(H,70,82)(H,71,86)(H,72,84)(H,73,88)(H,74,83)(H,75,89)(H,76,85)(H,77,87)(H,90,91)/t32-,33+,38-,39-,40-,41-,42-,43-,44-,45-,46-,48-/m0/s1. The first-order chi connectivity index (χ1) is 43.4. The number of carbonyl (C=O) groups excluding carboxylic acids is 11. The number of benzene rings is 1. The second kappa shape index (κ2) is 37.2. The summed E-state index contributed by atoms with van der Waals surface area (Å²) in [5.74, 6) is -12.6. The van der Waals surface area contributed by atoms with Crippen molar-refractivity contribution in [2.45, 2.75) is 179 Å². The molecule has 0 unspecified atom stereocenters. The lowest BCUT2D eigenvalue weighted by molar-refractivity contribution is -0.141. The fraction of sp³-hybridized carbons (Fsp3) is 0.542. The molecule has 12 atom stereocenters. The number of aliphatic carboxylic acids is 1. The smallest absolute Gasteiger partial charge is 0.325 e. The molecule has 0 bridgehead atoms. The maximum absolute atomic E-state index is 14.5. The van der Waals surface area contributed by atoms with Crippen molar-refractivity contribution < 1.29 is 67.7 Å². The Kier molecular flexibility index (Phi) is 30.4. The van der Waals surface area contributed by atoms with Gasteiger partial charge in [-0.1, -0.05) is 71.9 Å². The number of rotatable bonds is 39. The molecule has 0 radical (unpaired) electrons. The van der Waals surface area contributed by atoms with E-state index in [0.29, 0.717) is 17.0 Å². The molecule has 0 fully saturated rings. The van der Waals surface area contributed by atoms with E-state index in [0.717, 1.165) is 0 Å². The molecule has 3 aromatic heterocycles. The Balaban J connectivity index is 1.56. The monoisotopic (exact) mass is 1300 g/mol. The fourth-order valence-electron chi connectivity index (χ4n) is 9.34. The number of thiol groups is 1. The zero-order valence-electron chi connectivity index (χ0n) is 52.6. The molecule has 0 saturated carbocycles. The van der Waals surface area contributed by atoms with Crippen molar-refractivity contribution in [1.82, 2.24) is 83.1 Å². The summed E-state index contributed by atoms with van der Waals surface area (Å²) in [6, 6.07) is -7.65. The lowest BCUT2D eigenvalue weighted by Gasteiger charge is -2.29. The molecule has 1 aromatic carbocycles. The van der Waals surface area contributed by atoms with E-state index in [-0.39, 0.29) is 74.1 Å². The summed E-state index contributed by atoms with van der Waals surface area (Å²) in [4.78, 5) is 185. The van der Waals surface area contributed by atoms with Crippen LogP contribution in [0.2, 0.25) is 0 Å². The lowest BCUT2D eigenvalue weighted by Crippen LogP contribution is -2.62. The van der Waals surface area contributed by atoms with Crippen molar-refractivity contribution in [3.8, 4) is 0 Å². The van der Waals surface area contributed by atoms with Crippen LogP contribution in [0.1, 0.15) is 104 Å². The molecule has 19 N–H and O–H groups in total. The Morgan fingerprint density at radius 2 is 0.804 bits per heavy atom. The number of nitrogens with two attached hydrogens (primary N) is 2. The van der Waals surface area contributed by atoms with Gasteiger partial charge in [0.15, 0.2) is 0 Å². The van der Waals surface area contributed by atoms with Crippen LogP contribution in [-0.4, -0.2) is 189 Å². The van der Waals surface area contributed by atoms with Gasteiger partial charge >= 0.3 is 5.97 Å². The highest BCUT2D eigenvalue weighted by Crippen LogP contribution is 2.14. The largest absolute Gasteiger partial charge is 0.480 e. The van der Waals surface area contributed by atoms with Gasteiger partial charge < -0.3 is 89.8 Å². The highest BCUT2D eigenvalue weighted by atomic mass is 32.1. The molecule has 92 heavy (non-hydrogen) atoms. The fourth-order valence-corrected chi connectivity index (χ4v) is 9.60. The molecule has 11 amide bonds. The van der Waals surface area contributed by atoms with E-state index in [2.05, 4.69) is 95.7 Å². The Morgan fingerprint density at radius 1 is 0.457 bits per heavy atom. The van der Waals surface area contributed by atoms with Gasteiger partial charge in [0.05, 0.1) is 54.6 Å². The number of nitrogens with one attached hydrogen (secondary N) is 13. The van der Waals surface area contributed by atoms with E-state index >= 15 is 0 Å². The van der Waals surface area contributed by atoms with Crippen molar-refractivity contribution in [2.75, 3.05) is 5.75 Å². The number of amides is 11. The quantitative estimate of drug-likeness (QED) is 0.0195. The maximum Gasteiger partial charge on any atom is 0.325 e. The number of carboxylic acid groups (broad SMARTS) is 1. The minimum Gasteiger partial charge on any atom is -0.480 e. The summed E-state index contributed by atoms with van der Waals surface area (Å²) >= 11 is 4.26. The summed E-state index contributed by atoms with van der Waals surface area (Å²) in [7, 11) is 0. The molecule has 32 nitrogen and oxygen atoms in total. The van der Waals surface area contributed by atoms with Gasteiger partial charge in [0.1, 0.15) is 60.4 Å². The van der Waals surface area contributed by atoms with Gasteiger partial charge in [-0.25, -0.2) is 15.0 Å². The van der Waals surface area contributed by atoms with E-state index < -0.39 is 150 Å². The molecule has 33 heteroatoms. The number of nitrogens with zero attached hydrogens (tertiary/aromatic N) is 3. The van der Waals surface area contributed by atoms with Crippen molar-refractivity contribution >= 4 is 83.6 Å². The van der Waals surface area contributed by atoms with Crippen LogP contribution in [-0.2, 0) is 83.2 Å². The summed E-state index contributed by atoms with van der Waals surface area (Å²) in [6.07, 6.45) is 5.51. The Hall–Kier alpha value is -9.24. The number of aliphatic hydroxyl groups excluding tert-OH is 1. The highest BCUT2D eigenvalue weighted by Gasteiger charge is 2.38. The number of imidazole rings is 3. The molecular formula is C59H88N18O14S. The van der Waals surface area contributed by atoms with Gasteiger partial charge in [-0.05, 0) is 56.4 Å². The predicted molar refractivity (Wildman–Crippen MR) is 335 cm³/mol. The van der Waals surface area contributed by atoms with Crippen LogP contribution in [0.15, 0.2) is 67.9 Å². The van der Waals surface area contributed by atoms with Crippen molar-refractivity contribution in [1.29, 1.82) is 0 Å². The van der Waals surface area contributed by atoms with Gasteiger partial charge in [0.25, 0.3) is 0 Å². The number of hydrogen-bond donors (Lipinski definition) is 18. The van der Waals surface area contributed by atoms with Crippen LogP contribution < -0.4 is 64.6 Å². The average molecular weight is 1310 g/mol. The molecule has 0 aliphatic carbocycles. The highest BCUT2D eigenvalue weighted by molar-refractivity contribution is 7.80. The van der Waals surface area contributed by atoms with Crippen LogP contribution in [0.5, 0.6) is 0 Å². The summed E-state index contributed by atoms with van der Waals surface area (Å²) in [5.41, 5.74) is 13.4. The number of hydrogen-bond acceptors (Lipinski definition) is 18. The van der Waals surface area contributed by atoms with Crippen molar-refractivity contribution in [3.63, 3.8) is 0 Å². The second-order valence-electron chi connectivity index (χ2n) is 23.6. The van der Waals surface area contributed by atoms with Gasteiger partial charge in [-0.2, -0.15) is 12.6 Å². The van der Waals surface area contributed by atoms with Gasteiger partial charge in [0, 0.05) is 50.0 Å². The van der Waals surface area contributed by atoms with Crippen molar-refractivity contribution in [2.24, 2.45) is 29.2 Å². The second-order valence-corrected chi connectivity index (χ2v) is 24.0. The normalized spacial score (nSPS) is 15.2. The number of primary amides is 1. The minimum absolute atomic E-state index is 0.0155. The zero-order valence-corrected chi connectivity index (χ0v) is 53.5. The zero-order chi connectivity index (χ0) is 68.4. The average Bonchev–Trinajstić information content (AvgIpc) is 1.77. The number of H-pyrrole nitrogens is 3. The van der Waals surface area contributed by atoms with Gasteiger partial charge in [-0.3, -0.25) is 57.5 Å². The summed E-state index contributed by atoms with van der Waals surface area (Å²) < 4.78 is 0. The number of carbonyl (C=O) groups is 12. The van der Waals surface area contributed by atoms with E-state index in [1.54, 1.807) is 64.2 Å². The molecule has 0 aliphatic rings. The Morgan fingerprint density at radius 3 is 1.21 bits per heavy atom. The third kappa shape index (κ3) is 25.6. The molecule has 0 spiro atoms. The first-order valence-corrected chi connectivity index (χ1v) is 30.6. The maximum atomic E-state index is 14.5. The Bertz CT molecular complexity index is 3080.